The third-order valence-corrected chi connectivity index (χ3v) is 3.63. The average molecular weight is 285 g/mol. The first-order chi connectivity index (χ1) is 10.2. The van der Waals surface area contributed by atoms with Gasteiger partial charge in [0.2, 0.25) is 0 Å². The quantitative estimate of drug-likeness (QED) is 0.816. The first-order valence-corrected chi connectivity index (χ1v) is 7.56. The van der Waals surface area contributed by atoms with Crippen LogP contribution in [0.25, 0.3) is 5.69 Å². The van der Waals surface area contributed by atoms with E-state index in [1.54, 1.807) is 11.1 Å². The second-order valence-corrected chi connectivity index (χ2v) is 5.19. The molecular weight excluding hydrogens is 262 g/mol. The number of aromatic nitrogens is 2. The molecule has 4 nitrogen and oxygen atoms in total. The highest BCUT2D eigenvalue weighted by atomic mass is 16.2. The number of carbonyl (C=O) groups is 1. The van der Waals surface area contributed by atoms with Crippen LogP contribution in [-0.4, -0.2) is 34.2 Å². The minimum absolute atomic E-state index is 0.0579. The van der Waals surface area contributed by atoms with E-state index in [1.165, 1.54) is 0 Å². The van der Waals surface area contributed by atoms with Gasteiger partial charge in [0, 0.05) is 13.6 Å². The molecule has 0 radical (unpaired) electrons. The van der Waals surface area contributed by atoms with Crippen molar-refractivity contribution in [1.82, 2.24) is 14.7 Å². The van der Waals surface area contributed by atoms with E-state index in [4.69, 9.17) is 0 Å². The second kappa shape index (κ2) is 7.07. The van der Waals surface area contributed by atoms with E-state index in [-0.39, 0.29) is 5.91 Å². The van der Waals surface area contributed by atoms with Crippen molar-refractivity contribution < 1.29 is 4.79 Å². The van der Waals surface area contributed by atoms with Crippen LogP contribution in [0.2, 0.25) is 0 Å². The van der Waals surface area contributed by atoms with Gasteiger partial charge in [-0.15, -0.1) is 0 Å². The van der Waals surface area contributed by atoms with Gasteiger partial charge in [-0.3, -0.25) is 4.79 Å². The molecule has 0 unspecified atom stereocenters. The monoisotopic (exact) mass is 285 g/mol. The van der Waals surface area contributed by atoms with E-state index in [0.29, 0.717) is 5.56 Å². The number of amides is 1. The molecule has 0 bridgehead atoms. The Morgan fingerprint density at radius 1 is 1.24 bits per heavy atom. The maximum Gasteiger partial charge on any atom is 0.257 e. The standard InChI is InChI=1S/C17H23N3O/c1-4-6-12-19(3)17(21)15-13-18-20(16(15)5-2)14-10-8-7-9-11-14/h7-11,13H,4-6,12H2,1-3H3. The third-order valence-electron chi connectivity index (χ3n) is 3.63. The molecule has 1 heterocycles. The van der Waals surface area contributed by atoms with Crippen molar-refractivity contribution in [2.75, 3.05) is 13.6 Å². The van der Waals surface area contributed by atoms with Gasteiger partial charge in [0.05, 0.1) is 23.1 Å². The Morgan fingerprint density at radius 3 is 2.57 bits per heavy atom. The number of unbranched alkanes of at least 4 members (excludes halogenated alkanes) is 1. The molecule has 1 aromatic heterocycles. The van der Waals surface area contributed by atoms with Crippen LogP contribution < -0.4 is 0 Å². The summed E-state index contributed by atoms with van der Waals surface area (Å²) in [6.45, 7) is 4.97. The Labute approximate surface area is 126 Å². The van der Waals surface area contributed by atoms with Gasteiger partial charge >= 0.3 is 0 Å². The van der Waals surface area contributed by atoms with E-state index in [1.807, 2.05) is 42.1 Å². The fourth-order valence-corrected chi connectivity index (χ4v) is 2.39. The van der Waals surface area contributed by atoms with Crippen molar-refractivity contribution in [3.8, 4) is 5.69 Å². The molecule has 4 heteroatoms. The van der Waals surface area contributed by atoms with Gasteiger partial charge in [0.25, 0.3) is 5.91 Å². The van der Waals surface area contributed by atoms with Crippen LogP contribution in [0.5, 0.6) is 0 Å². The number of carbonyl (C=O) groups excluding carboxylic acids is 1. The van der Waals surface area contributed by atoms with Gasteiger partial charge in [-0.2, -0.15) is 5.10 Å². The molecule has 0 spiro atoms. The Kier molecular flexibility index (Phi) is 5.14. The maximum atomic E-state index is 12.5. The van der Waals surface area contributed by atoms with Crippen molar-refractivity contribution in [3.63, 3.8) is 0 Å². The summed E-state index contributed by atoms with van der Waals surface area (Å²) < 4.78 is 1.86. The molecular formula is C17H23N3O. The van der Waals surface area contributed by atoms with Gasteiger partial charge in [0.15, 0.2) is 0 Å². The van der Waals surface area contributed by atoms with E-state index in [9.17, 15) is 4.79 Å². The topological polar surface area (TPSA) is 38.1 Å². The zero-order valence-electron chi connectivity index (χ0n) is 13.0. The number of hydrogen-bond acceptors (Lipinski definition) is 2. The molecule has 0 aliphatic rings. The summed E-state index contributed by atoms with van der Waals surface area (Å²) >= 11 is 0. The SMILES string of the molecule is CCCCN(C)C(=O)c1cnn(-c2ccccc2)c1CC. The Hall–Kier alpha value is -2.10. The molecule has 0 N–H and O–H groups in total. The Morgan fingerprint density at radius 2 is 1.95 bits per heavy atom. The third kappa shape index (κ3) is 3.32. The minimum Gasteiger partial charge on any atom is -0.342 e. The van der Waals surface area contributed by atoms with Crippen molar-refractivity contribution in [2.45, 2.75) is 33.1 Å². The average Bonchev–Trinajstić information content (AvgIpc) is 2.96. The summed E-state index contributed by atoms with van der Waals surface area (Å²) in [6.07, 6.45) is 4.58. The van der Waals surface area contributed by atoms with Gasteiger partial charge in [-0.25, -0.2) is 4.68 Å². The van der Waals surface area contributed by atoms with Crippen molar-refractivity contribution >= 4 is 5.91 Å². The highest BCUT2D eigenvalue weighted by molar-refractivity contribution is 5.95. The fourth-order valence-electron chi connectivity index (χ4n) is 2.39. The first-order valence-electron chi connectivity index (χ1n) is 7.56. The number of rotatable bonds is 6. The molecule has 21 heavy (non-hydrogen) atoms. The lowest BCUT2D eigenvalue weighted by atomic mass is 10.1. The molecule has 0 saturated carbocycles. The van der Waals surface area contributed by atoms with Crippen LogP contribution >= 0.6 is 0 Å². The van der Waals surface area contributed by atoms with Crippen LogP contribution in [0.1, 0.15) is 42.7 Å². The molecule has 112 valence electrons. The normalized spacial score (nSPS) is 10.6. The van der Waals surface area contributed by atoms with Crippen LogP contribution in [0.15, 0.2) is 36.5 Å². The summed E-state index contributed by atoms with van der Waals surface area (Å²) in [4.78, 5) is 14.3. The predicted octanol–water partition coefficient (Wildman–Crippen LogP) is 3.31. The van der Waals surface area contributed by atoms with Gasteiger partial charge in [-0.1, -0.05) is 38.5 Å². The molecule has 0 fully saturated rings. The molecule has 2 rings (SSSR count). The highest BCUT2D eigenvalue weighted by Gasteiger charge is 2.19. The zero-order valence-corrected chi connectivity index (χ0v) is 13.0. The maximum absolute atomic E-state index is 12.5. The van der Waals surface area contributed by atoms with Crippen LogP contribution in [0, 0.1) is 0 Å². The number of hydrogen-bond donors (Lipinski definition) is 0. The van der Waals surface area contributed by atoms with Crippen LogP contribution in [0.4, 0.5) is 0 Å². The molecule has 0 aliphatic heterocycles. The first kappa shape index (κ1) is 15.3. The van der Waals surface area contributed by atoms with Crippen LogP contribution in [-0.2, 0) is 6.42 Å². The van der Waals surface area contributed by atoms with E-state index < -0.39 is 0 Å². The predicted molar refractivity (Wildman–Crippen MR) is 84.8 cm³/mol. The second-order valence-electron chi connectivity index (χ2n) is 5.19. The van der Waals surface area contributed by atoms with Crippen molar-refractivity contribution in [1.29, 1.82) is 0 Å². The van der Waals surface area contributed by atoms with Crippen molar-refractivity contribution in [3.05, 3.63) is 47.8 Å². The summed E-state index contributed by atoms with van der Waals surface area (Å²) in [7, 11) is 1.86. The lowest BCUT2D eigenvalue weighted by Gasteiger charge is -2.17. The molecule has 0 saturated heterocycles. The smallest absolute Gasteiger partial charge is 0.257 e. The zero-order chi connectivity index (χ0) is 15.2. The molecule has 1 aromatic carbocycles. The Balaban J connectivity index is 2.30. The summed E-state index contributed by atoms with van der Waals surface area (Å²) in [5.74, 6) is 0.0579. The fraction of sp³-hybridized carbons (Fsp3) is 0.412. The van der Waals surface area contributed by atoms with E-state index in [0.717, 1.165) is 37.2 Å². The van der Waals surface area contributed by atoms with E-state index >= 15 is 0 Å². The summed E-state index contributed by atoms with van der Waals surface area (Å²) in [5, 5.41) is 4.41. The molecule has 0 atom stereocenters. The van der Waals surface area contributed by atoms with Gasteiger partial charge in [0.1, 0.15) is 0 Å². The number of para-hydroxylation sites is 1. The largest absolute Gasteiger partial charge is 0.342 e. The molecule has 2 aromatic rings. The van der Waals surface area contributed by atoms with E-state index in [2.05, 4.69) is 18.9 Å². The number of nitrogens with zero attached hydrogens (tertiary/aromatic N) is 3. The van der Waals surface area contributed by atoms with Crippen molar-refractivity contribution in [2.24, 2.45) is 0 Å². The summed E-state index contributed by atoms with van der Waals surface area (Å²) in [5.41, 5.74) is 2.67. The lowest BCUT2D eigenvalue weighted by Crippen LogP contribution is -2.28. The number of benzene rings is 1. The van der Waals surface area contributed by atoms with Gasteiger partial charge < -0.3 is 4.90 Å². The Bertz CT molecular complexity index is 589. The molecule has 0 aliphatic carbocycles. The van der Waals surface area contributed by atoms with Gasteiger partial charge in [-0.05, 0) is 25.0 Å². The van der Waals surface area contributed by atoms with Crippen LogP contribution in [0.3, 0.4) is 0 Å². The lowest BCUT2D eigenvalue weighted by molar-refractivity contribution is 0.0792. The minimum atomic E-state index is 0.0579. The highest BCUT2D eigenvalue weighted by Crippen LogP contribution is 2.17. The molecule has 1 amide bonds. The summed E-state index contributed by atoms with van der Waals surface area (Å²) in [6, 6.07) is 9.93.